The SMILES string of the molecule is C[C@@H]1CCN(C(=O)OC(C)(C)C)C[C@H]1N=[N+]=[N-]. The predicted octanol–water partition coefficient (Wildman–Crippen LogP) is 2.94. The number of carbonyl (C=O) groups is 1. The maximum atomic E-state index is 11.8. The molecule has 0 unspecified atom stereocenters. The van der Waals surface area contributed by atoms with E-state index in [2.05, 4.69) is 10.0 Å². The zero-order chi connectivity index (χ0) is 13.1. The van der Waals surface area contributed by atoms with Gasteiger partial charge in [-0.05, 0) is 38.6 Å². The topological polar surface area (TPSA) is 78.3 Å². The minimum atomic E-state index is -0.492. The van der Waals surface area contributed by atoms with Crippen LogP contribution in [0.15, 0.2) is 5.11 Å². The summed E-state index contributed by atoms with van der Waals surface area (Å²) in [6.45, 7) is 8.65. The molecule has 0 N–H and O–H groups in total. The number of amides is 1. The van der Waals surface area contributed by atoms with Crippen molar-refractivity contribution in [3.8, 4) is 0 Å². The molecule has 1 fully saturated rings. The zero-order valence-corrected chi connectivity index (χ0v) is 10.9. The van der Waals surface area contributed by atoms with Crippen molar-refractivity contribution in [2.45, 2.75) is 45.8 Å². The highest BCUT2D eigenvalue weighted by atomic mass is 16.6. The summed E-state index contributed by atoms with van der Waals surface area (Å²) in [5.74, 6) is 0.310. The molecule has 6 heteroatoms. The first-order valence-electron chi connectivity index (χ1n) is 5.85. The number of piperidine rings is 1. The second-order valence-electron chi connectivity index (χ2n) is 5.46. The van der Waals surface area contributed by atoms with Crippen LogP contribution in [0.1, 0.15) is 34.1 Å². The highest BCUT2D eigenvalue weighted by Gasteiger charge is 2.30. The number of nitrogens with zero attached hydrogens (tertiary/aromatic N) is 4. The summed E-state index contributed by atoms with van der Waals surface area (Å²) in [6.07, 6.45) is 0.505. The molecule has 0 radical (unpaired) electrons. The predicted molar refractivity (Wildman–Crippen MR) is 64.5 cm³/mol. The van der Waals surface area contributed by atoms with Crippen molar-refractivity contribution in [2.24, 2.45) is 11.0 Å². The van der Waals surface area contributed by atoms with Crippen molar-refractivity contribution in [1.82, 2.24) is 4.90 Å². The van der Waals surface area contributed by atoms with Gasteiger partial charge < -0.3 is 9.64 Å². The Balaban J connectivity index is 2.61. The van der Waals surface area contributed by atoms with Gasteiger partial charge in [-0.15, -0.1) is 0 Å². The molecular formula is C11H20N4O2. The van der Waals surface area contributed by atoms with E-state index in [1.807, 2.05) is 27.7 Å². The maximum Gasteiger partial charge on any atom is 0.410 e. The molecule has 96 valence electrons. The minimum Gasteiger partial charge on any atom is -0.444 e. The monoisotopic (exact) mass is 240 g/mol. The van der Waals surface area contributed by atoms with Gasteiger partial charge in [0.15, 0.2) is 0 Å². The van der Waals surface area contributed by atoms with Gasteiger partial charge >= 0.3 is 6.09 Å². The van der Waals surface area contributed by atoms with Crippen LogP contribution in [0.25, 0.3) is 10.4 Å². The van der Waals surface area contributed by atoms with Crippen LogP contribution in [0.3, 0.4) is 0 Å². The summed E-state index contributed by atoms with van der Waals surface area (Å²) in [5.41, 5.74) is 7.98. The van der Waals surface area contributed by atoms with Crippen LogP contribution in [0.5, 0.6) is 0 Å². The van der Waals surface area contributed by atoms with E-state index in [4.69, 9.17) is 10.3 Å². The molecule has 0 saturated carbocycles. The molecule has 2 atom stereocenters. The number of azide groups is 1. The Bertz CT molecular complexity index is 331. The molecule has 0 aromatic rings. The van der Waals surface area contributed by atoms with Crippen LogP contribution < -0.4 is 0 Å². The summed E-state index contributed by atoms with van der Waals surface area (Å²) in [7, 11) is 0. The van der Waals surface area contributed by atoms with E-state index >= 15 is 0 Å². The van der Waals surface area contributed by atoms with Crippen molar-refractivity contribution < 1.29 is 9.53 Å². The maximum absolute atomic E-state index is 11.8. The van der Waals surface area contributed by atoms with Crippen LogP contribution in [0.2, 0.25) is 0 Å². The van der Waals surface area contributed by atoms with Gasteiger partial charge in [0, 0.05) is 18.0 Å². The van der Waals surface area contributed by atoms with Crippen molar-refractivity contribution in [3.63, 3.8) is 0 Å². The number of ether oxygens (including phenoxy) is 1. The van der Waals surface area contributed by atoms with Gasteiger partial charge in [0.25, 0.3) is 0 Å². The van der Waals surface area contributed by atoms with Gasteiger partial charge in [0.05, 0.1) is 6.04 Å². The van der Waals surface area contributed by atoms with Crippen LogP contribution >= 0.6 is 0 Å². The quantitative estimate of drug-likeness (QED) is 0.401. The third kappa shape index (κ3) is 4.15. The van der Waals surface area contributed by atoms with E-state index in [1.165, 1.54) is 0 Å². The second-order valence-corrected chi connectivity index (χ2v) is 5.46. The molecule has 0 aromatic heterocycles. The van der Waals surface area contributed by atoms with Crippen LogP contribution in [0.4, 0.5) is 4.79 Å². The fourth-order valence-corrected chi connectivity index (χ4v) is 1.76. The average molecular weight is 240 g/mol. The van der Waals surface area contributed by atoms with E-state index in [1.54, 1.807) is 4.90 Å². The lowest BCUT2D eigenvalue weighted by Crippen LogP contribution is -2.46. The summed E-state index contributed by atoms with van der Waals surface area (Å²) in [4.78, 5) is 16.3. The number of hydrogen-bond donors (Lipinski definition) is 0. The normalized spacial score (nSPS) is 25.1. The largest absolute Gasteiger partial charge is 0.444 e. The molecule has 1 heterocycles. The van der Waals surface area contributed by atoms with Gasteiger partial charge in [-0.3, -0.25) is 0 Å². The smallest absolute Gasteiger partial charge is 0.410 e. The lowest BCUT2D eigenvalue weighted by molar-refractivity contribution is 0.0168. The molecule has 0 bridgehead atoms. The Morgan fingerprint density at radius 2 is 2.18 bits per heavy atom. The van der Waals surface area contributed by atoms with Crippen LogP contribution in [-0.4, -0.2) is 35.7 Å². The standard InChI is InChI=1S/C11H20N4O2/c1-8-5-6-15(7-9(8)13-14-12)10(16)17-11(2,3)4/h8-9H,5-7H2,1-4H3/t8-,9-/m1/s1. The molecule has 0 spiro atoms. The Hall–Kier alpha value is -1.42. The molecule has 1 amide bonds. The molecule has 0 aromatic carbocycles. The fraction of sp³-hybridized carbons (Fsp3) is 0.909. The first-order valence-corrected chi connectivity index (χ1v) is 5.85. The van der Waals surface area contributed by atoms with E-state index in [0.29, 0.717) is 19.0 Å². The third-order valence-corrected chi connectivity index (χ3v) is 2.77. The summed E-state index contributed by atoms with van der Waals surface area (Å²) in [5, 5.41) is 3.72. The Morgan fingerprint density at radius 1 is 1.53 bits per heavy atom. The first-order chi connectivity index (χ1) is 7.83. The van der Waals surface area contributed by atoms with E-state index in [9.17, 15) is 4.79 Å². The number of rotatable bonds is 1. The molecule has 1 aliphatic rings. The van der Waals surface area contributed by atoms with E-state index in [0.717, 1.165) is 6.42 Å². The van der Waals surface area contributed by atoms with Crippen molar-refractivity contribution in [3.05, 3.63) is 10.4 Å². The highest BCUT2D eigenvalue weighted by molar-refractivity contribution is 5.68. The summed E-state index contributed by atoms with van der Waals surface area (Å²) >= 11 is 0. The van der Waals surface area contributed by atoms with Crippen LogP contribution in [0, 0.1) is 5.92 Å². The number of carbonyl (C=O) groups excluding carboxylic acids is 1. The first kappa shape index (κ1) is 13.6. The van der Waals surface area contributed by atoms with Gasteiger partial charge in [-0.1, -0.05) is 12.0 Å². The Morgan fingerprint density at radius 3 is 2.71 bits per heavy atom. The van der Waals surface area contributed by atoms with Gasteiger partial charge in [-0.25, -0.2) is 4.79 Å². The number of likely N-dealkylation sites (tertiary alicyclic amines) is 1. The fourth-order valence-electron chi connectivity index (χ4n) is 1.76. The lowest BCUT2D eigenvalue weighted by Gasteiger charge is -2.35. The van der Waals surface area contributed by atoms with Gasteiger partial charge in [-0.2, -0.15) is 0 Å². The molecule has 17 heavy (non-hydrogen) atoms. The van der Waals surface area contributed by atoms with E-state index in [-0.39, 0.29) is 12.1 Å². The molecule has 6 nitrogen and oxygen atoms in total. The minimum absolute atomic E-state index is 0.152. The van der Waals surface area contributed by atoms with Crippen LogP contribution in [-0.2, 0) is 4.74 Å². The van der Waals surface area contributed by atoms with Gasteiger partial charge in [0.2, 0.25) is 0 Å². The second kappa shape index (κ2) is 5.27. The number of hydrogen-bond acceptors (Lipinski definition) is 3. The highest BCUT2D eigenvalue weighted by Crippen LogP contribution is 2.21. The molecule has 1 rings (SSSR count). The zero-order valence-electron chi connectivity index (χ0n) is 10.9. The molecule has 0 aliphatic carbocycles. The Kier molecular flexibility index (Phi) is 4.23. The van der Waals surface area contributed by atoms with Gasteiger partial charge in [0.1, 0.15) is 5.60 Å². The van der Waals surface area contributed by atoms with Crippen molar-refractivity contribution in [1.29, 1.82) is 0 Å². The molecule has 1 saturated heterocycles. The summed E-state index contributed by atoms with van der Waals surface area (Å²) in [6, 6.07) is -0.152. The summed E-state index contributed by atoms with van der Waals surface area (Å²) < 4.78 is 5.29. The lowest BCUT2D eigenvalue weighted by atomic mass is 9.94. The molecular weight excluding hydrogens is 220 g/mol. The average Bonchev–Trinajstić information content (AvgIpc) is 2.19. The third-order valence-electron chi connectivity index (χ3n) is 2.77. The van der Waals surface area contributed by atoms with Crippen molar-refractivity contribution >= 4 is 6.09 Å². The van der Waals surface area contributed by atoms with E-state index < -0.39 is 5.60 Å². The Labute approximate surface area is 102 Å². The molecule has 1 aliphatic heterocycles. The van der Waals surface area contributed by atoms with Crippen molar-refractivity contribution in [2.75, 3.05) is 13.1 Å².